The van der Waals surface area contributed by atoms with E-state index in [2.05, 4.69) is 24.3 Å². The number of nitrogens with zero attached hydrogens (tertiary/aromatic N) is 1. The third-order valence-corrected chi connectivity index (χ3v) is 5.26. The molecule has 27 heavy (non-hydrogen) atoms. The van der Waals surface area contributed by atoms with Crippen molar-refractivity contribution in [2.24, 2.45) is 0 Å². The summed E-state index contributed by atoms with van der Waals surface area (Å²) < 4.78 is 0. The van der Waals surface area contributed by atoms with E-state index in [0.29, 0.717) is 17.5 Å². The summed E-state index contributed by atoms with van der Waals surface area (Å²) in [6.45, 7) is 0. The van der Waals surface area contributed by atoms with Gasteiger partial charge in [0.1, 0.15) is 0 Å². The first kappa shape index (κ1) is 17.5. The maximum Gasteiger partial charge on any atom is 0.261 e. The second-order valence-corrected chi connectivity index (χ2v) is 6.91. The van der Waals surface area contributed by atoms with E-state index in [4.69, 9.17) is 11.6 Å². The number of benzene rings is 3. The number of halogens is 1. The van der Waals surface area contributed by atoms with Crippen LogP contribution in [0.3, 0.4) is 0 Å². The maximum atomic E-state index is 12.7. The molecule has 1 atom stereocenters. The Kier molecular flexibility index (Phi) is 4.78. The van der Waals surface area contributed by atoms with Crippen LogP contribution in [0, 0.1) is 0 Å². The summed E-state index contributed by atoms with van der Waals surface area (Å²) in [4.78, 5) is 26.7. The predicted molar refractivity (Wildman–Crippen MR) is 107 cm³/mol. The first-order valence-electron chi connectivity index (χ1n) is 8.86. The Balaban J connectivity index is 1.55. The van der Waals surface area contributed by atoms with Crippen LogP contribution < -0.4 is 0 Å². The predicted octanol–water partition coefficient (Wildman–Crippen LogP) is 4.80. The third-order valence-electron chi connectivity index (χ3n) is 4.90. The van der Waals surface area contributed by atoms with Crippen molar-refractivity contribution >= 4 is 23.4 Å². The fourth-order valence-corrected chi connectivity index (χ4v) is 3.74. The zero-order valence-corrected chi connectivity index (χ0v) is 15.4. The number of rotatable bonds is 5. The van der Waals surface area contributed by atoms with Gasteiger partial charge < -0.3 is 0 Å². The number of carbonyl (C=O) groups excluding carboxylic acids is 2. The quantitative estimate of drug-likeness (QED) is 0.474. The van der Waals surface area contributed by atoms with Crippen LogP contribution >= 0.6 is 11.6 Å². The summed E-state index contributed by atoms with van der Waals surface area (Å²) in [5.41, 5.74) is 4.23. The van der Waals surface area contributed by atoms with Gasteiger partial charge in [-0.2, -0.15) is 0 Å². The summed E-state index contributed by atoms with van der Waals surface area (Å²) >= 11 is 6.15. The van der Waals surface area contributed by atoms with Crippen LogP contribution in [-0.2, 0) is 6.42 Å². The first-order chi connectivity index (χ1) is 13.2. The average Bonchev–Trinajstić information content (AvgIpc) is 2.98. The highest BCUT2D eigenvalue weighted by atomic mass is 35.5. The van der Waals surface area contributed by atoms with Gasteiger partial charge in [-0.3, -0.25) is 14.5 Å². The topological polar surface area (TPSA) is 37.4 Å². The fraction of sp³-hybridized carbons (Fsp3) is 0.130. The first-order valence-corrected chi connectivity index (χ1v) is 9.39. The van der Waals surface area contributed by atoms with Gasteiger partial charge in [0.05, 0.1) is 17.2 Å². The van der Waals surface area contributed by atoms with Gasteiger partial charge in [-0.25, -0.2) is 0 Å². The van der Waals surface area contributed by atoms with Gasteiger partial charge in [0.2, 0.25) is 0 Å². The number of alkyl halides is 1. The molecule has 3 aromatic rings. The smallest absolute Gasteiger partial charge is 0.261 e. The molecule has 1 unspecified atom stereocenters. The minimum absolute atomic E-state index is 0.200. The molecule has 0 aliphatic carbocycles. The Labute approximate surface area is 163 Å². The Hall–Kier alpha value is -2.91. The lowest BCUT2D eigenvalue weighted by Crippen LogP contribution is -2.42. The van der Waals surface area contributed by atoms with Crippen molar-refractivity contribution in [2.75, 3.05) is 5.88 Å². The number of amides is 2. The minimum Gasteiger partial charge on any atom is -0.270 e. The fourth-order valence-electron chi connectivity index (χ4n) is 3.49. The monoisotopic (exact) mass is 375 g/mol. The maximum absolute atomic E-state index is 12.7. The highest BCUT2D eigenvalue weighted by Crippen LogP contribution is 2.27. The average molecular weight is 376 g/mol. The molecule has 4 heteroatoms. The van der Waals surface area contributed by atoms with Crippen molar-refractivity contribution < 1.29 is 9.59 Å². The summed E-state index contributed by atoms with van der Waals surface area (Å²) in [5.74, 6) is -0.323. The van der Waals surface area contributed by atoms with Crippen molar-refractivity contribution in [2.45, 2.75) is 12.5 Å². The summed E-state index contributed by atoms with van der Waals surface area (Å²) in [6.07, 6.45) is 0.532. The van der Waals surface area contributed by atoms with Gasteiger partial charge in [-0.1, -0.05) is 66.7 Å². The molecule has 3 nitrogen and oxygen atoms in total. The molecule has 4 rings (SSSR count). The molecule has 0 N–H and O–H groups in total. The van der Waals surface area contributed by atoms with Gasteiger partial charge in [-0.15, -0.1) is 11.6 Å². The van der Waals surface area contributed by atoms with E-state index < -0.39 is 0 Å². The molecule has 0 fully saturated rings. The molecule has 3 aromatic carbocycles. The van der Waals surface area contributed by atoms with Crippen LogP contribution in [0.5, 0.6) is 0 Å². The van der Waals surface area contributed by atoms with Crippen LogP contribution in [0.2, 0.25) is 0 Å². The highest BCUT2D eigenvalue weighted by molar-refractivity contribution is 6.23. The second-order valence-electron chi connectivity index (χ2n) is 6.60. The Bertz CT molecular complexity index is 948. The number of hydrogen-bond donors (Lipinski definition) is 0. The van der Waals surface area contributed by atoms with Crippen LogP contribution in [0.15, 0.2) is 78.9 Å². The van der Waals surface area contributed by atoms with Gasteiger partial charge in [0, 0.05) is 5.88 Å². The van der Waals surface area contributed by atoms with E-state index in [1.165, 1.54) is 4.90 Å². The lowest BCUT2D eigenvalue weighted by atomic mass is 10.0. The zero-order chi connectivity index (χ0) is 18.8. The summed E-state index contributed by atoms with van der Waals surface area (Å²) in [5, 5.41) is 0. The molecule has 1 aliphatic rings. The molecule has 0 spiro atoms. The van der Waals surface area contributed by atoms with Crippen LogP contribution in [0.1, 0.15) is 26.3 Å². The molecule has 1 heterocycles. The third kappa shape index (κ3) is 3.26. The van der Waals surface area contributed by atoms with Crippen molar-refractivity contribution in [3.05, 3.63) is 95.6 Å². The molecule has 0 saturated carbocycles. The Morgan fingerprint density at radius 1 is 0.704 bits per heavy atom. The van der Waals surface area contributed by atoms with E-state index in [9.17, 15) is 9.59 Å². The van der Waals surface area contributed by atoms with Crippen LogP contribution in [0.25, 0.3) is 11.1 Å². The van der Waals surface area contributed by atoms with Gasteiger partial charge >= 0.3 is 0 Å². The SMILES string of the molecule is O=C1c2ccccc2C(=O)N1C(CCl)Cc1ccc(-c2ccccc2)cc1. The Morgan fingerprint density at radius 3 is 1.78 bits per heavy atom. The number of imide groups is 1. The van der Waals surface area contributed by atoms with E-state index in [-0.39, 0.29) is 23.7 Å². The van der Waals surface area contributed by atoms with E-state index in [0.717, 1.165) is 16.7 Å². The van der Waals surface area contributed by atoms with Crippen LogP contribution in [-0.4, -0.2) is 28.6 Å². The standard InChI is InChI=1S/C23H18ClNO2/c24-15-19(25-22(26)20-8-4-5-9-21(20)23(25)27)14-16-10-12-18(13-11-16)17-6-2-1-3-7-17/h1-13,19H,14-15H2. The zero-order valence-electron chi connectivity index (χ0n) is 14.6. The molecule has 0 aromatic heterocycles. The second kappa shape index (κ2) is 7.37. The molecule has 0 radical (unpaired) electrons. The number of fused-ring (bicyclic) bond motifs is 1. The van der Waals surface area contributed by atoms with Crippen molar-refractivity contribution in [3.63, 3.8) is 0 Å². The molecule has 0 bridgehead atoms. The highest BCUT2D eigenvalue weighted by Gasteiger charge is 2.39. The molecule has 2 amide bonds. The van der Waals surface area contributed by atoms with E-state index in [1.807, 2.05) is 30.3 Å². The van der Waals surface area contributed by atoms with Gasteiger partial charge in [0.25, 0.3) is 11.8 Å². The Morgan fingerprint density at radius 2 is 1.22 bits per heavy atom. The molecule has 134 valence electrons. The number of hydrogen-bond acceptors (Lipinski definition) is 2. The molecule has 1 aliphatic heterocycles. The van der Waals surface area contributed by atoms with E-state index in [1.54, 1.807) is 24.3 Å². The normalized spacial score (nSPS) is 14.3. The van der Waals surface area contributed by atoms with Crippen molar-refractivity contribution in [3.8, 4) is 11.1 Å². The lowest BCUT2D eigenvalue weighted by Gasteiger charge is -2.24. The molecular weight excluding hydrogens is 358 g/mol. The lowest BCUT2D eigenvalue weighted by molar-refractivity contribution is 0.0599. The van der Waals surface area contributed by atoms with Gasteiger partial charge in [-0.05, 0) is 35.2 Å². The molecule has 0 saturated heterocycles. The van der Waals surface area contributed by atoms with Crippen LogP contribution in [0.4, 0.5) is 0 Å². The molecular formula is C23H18ClNO2. The van der Waals surface area contributed by atoms with E-state index >= 15 is 0 Å². The van der Waals surface area contributed by atoms with Gasteiger partial charge in [0.15, 0.2) is 0 Å². The summed E-state index contributed by atoms with van der Waals surface area (Å²) in [6, 6.07) is 24.8. The summed E-state index contributed by atoms with van der Waals surface area (Å²) in [7, 11) is 0. The number of carbonyl (C=O) groups is 2. The van der Waals surface area contributed by atoms with Crippen molar-refractivity contribution in [1.29, 1.82) is 0 Å². The largest absolute Gasteiger partial charge is 0.270 e. The van der Waals surface area contributed by atoms with Crippen molar-refractivity contribution in [1.82, 2.24) is 4.90 Å². The minimum atomic E-state index is -0.373.